The number of benzene rings is 2. The third-order valence-electron chi connectivity index (χ3n) is 5.20. The Labute approximate surface area is 147 Å². The molecule has 0 atom stereocenters. The van der Waals surface area contributed by atoms with Crippen LogP contribution in [0.2, 0.25) is 0 Å². The molecular formula is C21H21NO3. The normalized spacial score (nSPS) is 16.1. The van der Waals surface area contributed by atoms with E-state index in [1.807, 2.05) is 24.3 Å². The molecule has 0 heterocycles. The van der Waals surface area contributed by atoms with Crippen LogP contribution in [-0.2, 0) is 9.53 Å². The molecule has 0 radical (unpaired) electrons. The second kappa shape index (κ2) is 6.71. The molecule has 1 fully saturated rings. The van der Waals surface area contributed by atoms with Crippen LogP contribution in [0, 0.1) is 5.92 Å². The monoisotopic (exact) mass is 335 g/mol. The van der Waals surface area contributed by atoms with Crippen LogP contribution in [-0.4, -0.2) is 25.0 Å². The van der Waals surface area contributed by atoms with Crippen molar-refractivity contribution in [3.8, 4) is 11.1 Å². The quantitative estimate of drug-likeness (QED) is 0.902. The highest BCUT2D eigenvalue weighted by atomic mass is 16.5. The number of ketones is 1. The number of nitrogens with one attached hydrogen (secondary N) is 1. The SMILES string of the molecule is O=C1CC(CCNC(=O)OCC2c3ccccc3-c3ccccc32)C1. The number of ether oxygens (including phenoxy) is 1. The molecule has 0 bridgehead atoms. The molecule has 4 heteroatoms. The van der Waals surface area contributed by atoms with Crippen LogP contribution in [0.25, 0.3) is 11.1 Å². The van der Waals surface area contributed by atoms with E-state index in [1.165, 1.54) is 22.3 Å². The van der Waals surface area contributed by atoms with E-state index in [1.54, 1.807) is 0 Å². The zero-order valence-corrected chi connectivity index (χ0v) is 14.0. The van der Waals surface area contributed by atoms with Gasteiger partial charge in [-0.2, -0.15) is 0 Å². The average Bonchev–Trinajstić information content (AvgIpc) is 2.92. The maximum Gasteiger partial charge on any atom is 0.407 e. The molecule has 1 saturated carbocycles. The Kier molecular flexibility index (Phi) is 4.26. The summed E-state index contributed by atoms with van der Waals surface area (Å²) in [6.07, 6.45) is 1.78. The highest BCUT2D eigenvalue weighted by Crippen LogP contribution is 2.44. The molecule has 2 aromatic carbocycles. The number of carbonyl (C=O) groups is 2. The first-order valence-corrected chi connectivity index (χ1v) is 8.83. The Morgan fingerprint density at radius 3 is 2.20 bits per heavy atom. The maximum atomic E-state index is 12.0. The van der Waals surface area contributed by atoms with E-state index in [9.17, 15) is 9.59 Å². The van der Waals surface area contributed by atoms with Crippen LogP contribution in [0.1, 0.15) is 36.3 Å². The summed E-state index contributed by atoms with van der Waals surface area (Å²) >= 11 is 0. The van der Waals surface area contributed by atoms with E-state index < -0.39 is 0 Å². The van der Waals surface area contributed by atoms with Crippen molar-refractivity contribution in [2.45, 2.75) is 25.2 Å². The molecule has 25 heavy (non-hydrogen) atoms. The van der Waals surface area contributed by atoms with Gasteiger partial charge in [-0.3, -0.25) is 4.79 Å². The van der Waals surface area contributed by atoms with Crippen molar-refractivity contribution in [3.05, 3.63) is 59.7 Å². The van der Waals surface area contributed by atoms with Crippen LogP contribution in [0.4, 0.5) is 4.79 Å². The lowest BCUT2D eigenvalue weighted by Crippen LogP contribution is -2.31. The molecule has 1 amide bonds. The molecule has 0 aromatic heterocycles. The Balaban J connectivity index is 1.34. The van der Waals surface area contributed by atoms with Gasteiger partial charge < -0.3 is 10.1 Å². The molecule has 1 N–H and O–H groups in total. The van der Waals surface area contributed by atoms with E-state index in [4.69, 9.17) is 4.74 Å². The molecule has 128 valence electrons. The minimum absolute atomic E-state index is 0.0856. The molecule has 0 aliphatic heterocycles. The molecule has 4 rings (SSSR count). The molecule has 0 unspecified atom stereocenters. The lowest BCUT2D eigenvalue weighted by molar-refractivity contribution is -0.126. The summed E-state index contributed by atoms with van der Waals surface area (Å²) in [5.41, 5.74) is 4.87. The van der Waals surface area contributed by atoms with Crippen molar-refractivity contribution in [2.24, 2.45) is 5.92 Å². The number of rotatable bonds is 5. The number of Topliss-reactive ketones (excluding diaryl/α,β-unsaturated/α-hetero) is 1. The van der Waals surface area contributed by atoms with Gasteiger partial charge in [0, 0.05) is 25.3 Å². The van der Waals surface area contributed by atoms with Gasteiger partial charge in [0.05, 0.1) is 0 Å². The fourth-order valence-electron chi connectivity index (χ4n) is 3.82. The molecule has 0 spiro atoms. The van der Waals surface area contributed by atoms with Crippen molar-refractivity contribution < 1.29 is 14.3 Å². The van der Waals surface area contributed by atoms with Gasteiger partial charge in [0.15, 0.2) is 0 Å². The van der Waals surface area contributed by atoms with Crippen molar-refractivity contribution in [3.63, 3.8) is 0 Å². The second-order valence-corrected chi connectivity index (χ2v) is 6.85. The Hall–Kier alpha value is -2.62. The van der Waals surface area contributed by atoms with Crippen LogP contribution in [0.3, 0.4) is 0 Å². The first-order valence-electron chi connectivity index (χ1n) is 8.83. The van der Waals surface area contributed by atoms with Gasteiger partial charge in [-0.1, -0.05) is 48.5 Å². The standard InChI is InChI=1S/C21H21NO3/c23-15-11-14(12-15)9-10-22-21(24)25-13-20-18-7-3-1-5-16(18)17-6-2-4-8-19(17)20/h1-8,14,20H,9-13H2,(H,22,24). The summed E-state index contributed by atoms with van der Waals surface area (Å²) in [5, 5.41) is 2.80. The zero-order valence-electron chi connectivity index (χ0n) is 14.0. The van der Waals surface area contributed by atoms with E-state index in [-0.39, 0.29) is 12.0 Å². The van der Waals surface area contributed by atoms with Gasteiger partial charge in [0.1, 0.15) is 12.4 Å². The number of hydrogen-bond donors (Lipinski definition) is 1. The summed E-state index contributed by atoms with van der Waals surface area (Å²) in [4.78, 5) is 22.9. The third kappa shape index (κ3) is 3.16. The summed E-state index contributed by atoms with van der Waals surface area (Å²) < 4.78 is 5.48. The van der Waals surface area contributed by atoms with Gasteiger partial charge in [-0.25, -0.2) is 4.79 Å². The lowest BCUT2D eigenvalue weighted by Gasteiger charge is -2.23. The Bertz CT molecular complexity index is 761. The fraction of sp³-hybridized carbons (Fsp3) is 0.333. The largest absolute Gasteiger partial charge is 0.449 e. The smallest absolute Gasteiger partial charge is 0.407 e. The number of hydrogen-bond acceptors (Lipinski definition) is 3. The number of fused-ring (bicyclic) bond motifs is 3. The zero-order chi connectivity index (χ0) is 17.2. The maximum absolute atomic E-state index is 12.0. The van der Waals surface area contributed by atoms with Crippen LogP contribution < -0.4 is 5.32 Å². The van der Waals surface area contributed by atoms with E-state index >= 15 is 0 Å². The lowest BCUT2D eigenvalue weighted by atomic mass is 9.82. The average molecular weight is 335 g/mol. The molecule has 2 aliphatic carbocycles. The van der Waals surface area contributed by atoms with E-state index in [0.717, 1.165) is 6.42 Å². The number of amides is 1. The molecule has 4 nitrogen and oxygen atoms in total. The first kappa shape index (κ1) is 15.9. The second-order valence-electron chi connectivity index (χ2n) is 6.85. The van der Waals surface area contributed by atoms with Crippen molar-refractivity contribution in [1.29, 1.82) is 0 Å². The molecule has 2 aromatic rings. The van der Waals surface area contributed by atoms with Crippen LogP contribution >= 0.6 is 0 Å². The van der Waals surface area contributed by atoms with Crippen LogP contribution in [0.15, 0.2) is 48.5 Å². The van der Waals surface area contributed by atoms with Gasteiger partial charge in [-0.15, -0.1) is 0 Å². The summed E-state index contributed by atoms with van der Waals surface area (Å²) in [7, 11) is 0. The van der Waals surface area contributed by atoms with Gasteiger partial charge in [0.2, 0.25) is 0 Å². The Morgan fingerprint density at radius 2 is 1.60 bits per heavy atom. The van der Waals surface area contributed by atoms with E-state index in [2.05, 4.69) is 29.6 Å². The summed E-state index contributed by atoms with van der Waals surface area (Å²) in [6.45, 7) is 0.899. The van der Waals surface area contributed by atoms with Gasteiger partial charge >= 0.3 is 6.09 Å². The number of carbonyl (C=O) groups excluding carboxylic acids is 2. The van der Waals surface area contributed by atoms with Gasteiger partial charge in [0.25, 0.3) is 0 Å². The van der Waals surface area contributed by atoms with Crippen molar-refractivity contribution >= 4 is 11.9 Å². The summed E-state index contributed by atoms with van der Waals surface area (Å²) in [5.74, 6) is 0.843. The van der Waals surface area contributed by atoms with Crippen molar-refractivity contribution in [1.82, 2.24) is 5.32 Å². The first-order chi connectivity index (χ1) is 12.2. The summed E-state index contributed by atoms with van der Waals surface area (Å²) in [6, 6.07) is 16.6. The topological polar surface area (TPSA) is 55.4 Å². The number of alkyl carbamates (subject to hydrolysis) is 1. The minimum atomic E-state index is -0.382. The molecular weight excluding hydrogens is 314 g/mol. The van der Waals surface area contributed by atoms with Crippen molar-refractivity contribution in [2.75, 3.05) is 13.2 Å². The van der Waals surface area contributed by atoms with E-state index in [0.29, 0.717) is 37.7 Å². The highest BCUT2D eigenvalue weighted by molar-refractivity contribution is 5.84. The predicted molar refractivity (Wildman–Crippen MR) is 95.4 cm³/mol. The molecule has 0 saturated heterocycles. The fourth-order valence-corrected chi connectivity index (χ4v) is 3.82. The highest BCUT2D eigenvalue weighted by Gasteiger charge is 2.29. The van der Waals surface area contributed by atoms with Crippen LogP contribution in [0.5, 0.6) is 0 Å². The Morgan fingerprint density at radius 1 is 1.00 bits per heavy atom. The third-order valence-corrected chi connectivity index (χ3v) is 5.20. The predicted octanol–water partition coefficient (Wildman–Crippen LogP) is 3.89. The minimum Gasteiger partial charge on any atom is -0.449 e. The van der Waals surface area contributed by atoms with Gasteiger partial charge in [-0.05, 0) is 34.6 Å². The molecule has 2 aliphatic rings.